The van der Waals surface area contributed by atoms with Crippen LogP contribution in [0.3, 0.4) is 0 Å². The van der Waals surface area contributed by atoms with Crippen molar-refractivity contribution >= 4 is 0 Å². The first kappa shape index (κ1) is 12.9. The number of methoxy groups -OCH3 is 1. The van der Waals surface area contributed by atoms with Gasteiger partial charge in [-0.25, -0.2) is 0 Å². The molecule has 0 saturated heterocycles. The zero-order valence-electron chi connectivity index (χ0n) is 11.1. The molecule has 0 heterocycles. The van der Waals surface area contributed by atoms with Gasteiger partial charge in [0.15, 0.2) is 0 Å². The van der Waals surface area contributed by atoms with E-state index in [0.717, 1.165) is 11.5 Å². The molecule has 0 saturated carbocycles. The van der Waals surface area contributed by atoms with Crippen LogP contribution in [0.25, 0.3) is 0 Å². The lowest BCUT2D eigenvalue weighted by Gasteiger charge is -2.21. The van der Waals surface area contributed by atoms with Gasteiger partial charge in [0.25, 0.3) is 0 Å². The molecular formula is C14H22O2. The van der Waals surface area contributed by atoms with Crippen molar-refractivity contribution in [3.05, 3.63) is 23.8 Å². The fourth-order valence-electron chi connectivity index (χ4n) is 1.46. The lowest BCUT2D eigenvalue weighted by atomic mass is 9.87. The standard InChI is InChI=1S/C14H22O2/c1-10(2)16-13-8-11(14(3,4)5)7-12(9-13)15-6/h7-10H,1-6H3. The molecule has 16 heavy (non-hydrogen) atoms. The molecule has 0 aromatic heterocycles. The van der Waals surface area contributed by atoms with Crippen LogP contribution in [-0.4, -0.2) is 13.2 Å². The first-order valence-electron chi connectivity index (χ1n) is 5.69. The minimum Gasteiger partial charge on any atom is -0.497 e. The summed E-state index contributed by atoms with van der Waals surface area (Å²) in [5.74, 6) is 1.72. The van der Waals surface area contributed by atoms with Crippen molar-refractivity contribution < 1.29 is 9.47 Å². The smallest absolute Gasteiger partial charge is 0.123 e. The summed E-state index contributed by atoms with van der Waals surface area (Å²) in [5.41, 5.74) is 1.33. The van der Waals surface area contributed by atoms with Crippen LogP contribution in [0.15, 0.2) is 18.2 Å². The first-order chi connectivity index (χ1) is 7.32. The van der Waals surface area contributed by atoms with Gasteiger partial charge in [-0.15, -0.1) is 0 Å². The predicted molar refractivity (Wildman–Crippen MR) is 67.5 cm³/mol. The van der Waals surface area contributed by atoms with E-state index in [0.29, 0.717) is 0 Å². The van der Waals surface area contributed by atoms with Gasteiger partial charge >= 0.3 is 0 Å². The molecule has 0 spiro atoms. The van der Waals surface area contributed by atoms with E-state index in [2.05, 4.69) is 32.9 Å². The molecule has 2 nitrogen and oxygen atoms in total. The van der Waals surface area contributed by atoms with E-state index in [1.165, 1.54) is 5.56 Å². The summed E-state index contributed by atoms with van der Waals surface area (Å²) in [4.78, 5) is 0. The van der Waals surface area contributed by atoms with Crippen LogP contribution >= 0.6 is 0 Å². The van der Waals surface area contributed by atoms with Gasteiger partial charge in [0.2, 0.25) is 0 Å². The van der Waals surface area contributed by atoms with Crippen LogP contribution in [0.2, 0.25) is 0 Å². The molecule has 2 heteroatoms. The number of rotatable bonds is 3. The Bertz CT molecular complexity index is 348. The highest BCUT2D eigenvalue weighted by Gasteiger charge is 2.16. The average molecular weight is 222 g/mol. The van der Waals surface area contributed by atoms with E-state index < -0.39 is 0 Å². The Hall–Kier alpha value is -1.18. The molecule has 1 aromatic carbocycles. The molecule has 0 N–H and O–H groups in total. The third-order valence-electron chi connectivity index (χ3n) is 2.35. The summed E-state index contributed by atoms with van der Waals surface area (Å²) >= 11 is 0. The topological polar surface area (TPSA) is 18.5 Å². The highest BCUT2D eigenvalue weighted by Crippen LogP contribution is 2.31. The molecule has 0 atom stereocenters. The zero-order chi connectivity index (χ0) is 12.3. The molecule has 0 aliphatic rings. The molecule has 0 unspecified atom stereocenters. The Morgan fingerprint density at radius 1 is 1.00 bits per heavy atom. The number of benzene rings is 1. The van der Waals surface area contributed by atoms with Crippen LogP contribution in [0, 0.1) is 0 Å². The molecule has 0 aliphatic heterocycles. The maximum atomic E-state index is 5.71. The van der Waals surface area contributed by atoms with E-state index in [1.54, 1.807) is 7.11 Å². The molecule has 0 radical (unpaired) electrons. The Morgan fingerprint density at radius 3 is 2.00 bits per heavy atom. The van der Waals surface area contributed by atoms with Crippen LogP contribution in [0.4, 0.5) is 0 Å². The van der Waals surface area contributed by atoms with Gasteiger partial charge in [-0.1, -0.05) is 20.8 Å². The summed E-state index contributed by atoms with van der Waals surface area (Å²) < 4.78 is 11.0. The van der Waals surface area contributed by atoms with Crippen LogP contribution in [0.5, 0.6) is 11.5 Å². The molecule has 0 aliphatic carbocycles. The lowest BCUT2D eigenvalue weighted by molar-refractivity contribution is 0.240. The third kappa shape index (κ3) is 3.44. The van der Waals surface area contributed by atoms with E-state index >= 15 is 0 Å². The van der Waals surface area contributed by atoms with Crippen molar-refractivity contribution in [2.75, 3.05) is 7.11 Å². The van der Waals surface area contributed by atoms with Gasteiger partial charge in [-0.3, -0.25) is 0 Å². The second kappa shape index (κ2) is 4.77. The Balaban J connectivity index is 3.11. The average Bonchev–Trinajstić information content (AvgIpc) is 2.14. The summed E-state index contributed by atoms with van der Waals surface area (Å²) in [6.07, 6.45) is 0.180. The quantitative estimate of drug-likeness (QED) is 0.775. The normalized spacial score (nSPS) is 11.7. The minimum atomic E-state index is 0.101. The first-order valence-corrected chi connectivity index (χ1v) is 5.69. The number of hydrogen-bond acceptors (Lipinski definition) is 2. The lowest BCUT2D eigenvalue weighted by Crippen LogP contribution is -2.12. The van der Waals surface area contributed by atoms with Crippen molar-refractivity contribution in [1.82, 2.24) is 0 Å². The minimum absolute atomic E-state index is 0.101. The summed E-state index contributed by atoms with van der Waals surface area (Å²) in [6.45, 7) is 10.6. The van der Waals surface area contributed by atoms with Crippen molar-refractivity contribution in [3.8, 4) is 11.5 Å². The number of hydrogen-bond donors (Lipinski definition) is 0. The Morgan fingerprint density at radius 2 is 1.56 bits per heavy atom. The summed E-state index contributed by atoms with van der Waals surface area (Å²) in [5, 5.41) is 0. The van der Waals surface area contributed by atoms with Crippen molar-refractivity contribution in [2.24, 2.45) is 0 Å². The maximum Gasteiger partial charge on any atom is 0.123 e. The molecule has 0 fully saturated rings. The van der Waals surface area contributed by atoms with Gasteiger partial charge in [0.1, 0.15) is 11.5 Å². The largest absolute Gasteiger partial charge is 0.497 e. The summed E-state index contributed by atoms with van der Waals surface area (Å²) in [6, 6.07) is 6.07. The van der Waals surface area contributed by atoms with Gasteiger partial charge in [0, 0.05) is 6.07 Å². The van der Waals surface area contributed by atoms with Gasteiger partial charge in [-0.05, 0) is 37.0 Å². The Kier molecular flexibility index (Phi) is 3.84. The van der Waals surface area contributed by atoms with E-state index in [9.17, 15) is 0 Å². The Labute approximate surface area is 98.6 Å². The van der Waals surface area contributed by atoms with Gasteiger partial charge in [0.05, 0.1) is 13.2 Å². The summed E-state index contributed by atoms with van der Waals surface area (Å²) in [7, 11) is 1.68. The second-order valence-corrected chi connectivity index (χ2v) is 5.31. The number of ether oxygens (including phenoxy) is 2. The molecule has 0 amide bonds. The van der Waals surface area contributed by atoms with Crippen molar-refractivity contribution in [2.45, 2.75) is 46.1 Å². The van der Waals surface area contributed by atoms with Crippen molar-refractivity contribution in [1.29, 1.82) is 0 Å². The molecule has 0 bridgehead atoms. The molecular weight excluding hydrogens is 200 g/mol. The van der Waals surface area contributed by atoms with Crippen molar-refractivity contribution in [3.63, 3.8) is 0 Å². The second-order valence-electron chi connectivity index (χ2n) is 5.31. The fourth-order valence-corrected chi connectivity index (χ4v) is 1.46. The SMILES string of the molecule is COc1cc(OC(C)C)cc(C(C)(C)C)c1. The third-order valence-corrected chi connectivity index (χ3v) is 2.35. The van der Waals surface area contributed by atoms with Gasteiger partial charge < -0.3 is 9.47 Å². The molecule has 1 aromatic rings. The zero-order valence-corrected chi connectivity index (χ0v) is 11.1. The highest BCUT2D eigenvalue weighted by molar-refractivity contribution is 5.41. The predicted octanol–water partition coefficient (Wildman–Crippen LogP) is 3.78. The monoisotopic (exact) mass is 222 g/mol. The highest BCUT2D eigenvalue weighted by atomic mass is 16.5. The van der Waals surface area contributed by atoms with E-state index in [1.807, 2.05) is 19.9 Å². The van der Waals surface area contributed by atoms with E-state index in [-0.39, 0.29) is 11.5 Å². The van der Waals surface area contributed by atoms with Crippen LogP contribution < -0.4 is 9.47 Å². The van der Waals surface area contributed by atoms with Crippen LogP contribution in [0.1, 0.15) is 40.2 Å². The van der Waals surface area contributed by atoms with E-state index in [4.69, 9.17) is 9.47 Å². The molecule has 1 rings (SSSR count). The van der Waals surface area contributed by atoms with Gasteiger partial charge in [-0.2, -0.15) is 0 Å². The fraction of sp³-hybridized carbons (Fsp3) is 0.571. The van der Waals surface area contributed by atoms with Crippen LogP contribution in [-0.2, 0) is 5.41 Å². The molecule has 90 valence electrons. The maximum absolute atomic E-state index is 5.71.